The summed E-state index contributed by atoms with van der Waals surface area (Å²) < 4.78 is 27.8. The minimum Gasteiger partial charge on any atom is -0.493 e. The Bertz CT molecular complexity index is 972. The smallest absolute Gasteiger partial charge is 0.343 e. The molecule has 3 aliphatic heterocycles. The molecule has 7 heteroatoms. The van der Waals surface area contributed by atoms with E-state index in [1.54, 1.807) is 14.2 Å². The second kappa shape index (κ2) is 6.31. The molecular weight excluding hydrogens is 362 g/mol. The zero-order valence-corrected chi connectivity index (χ0v) is 16.0. The zero-order chi connectivity index (χ0) is 19.4. The second-order valence-electron chi connectivity index (χ2n) is 7.32. The van der Waals surface area contributed by atoms with E-state index in [-0.39, 0.29) is 18.8 Å². The van der Waals surface area contributed by atoms with E-state index < -0.39 is 6.10 Å². The highest BCUT2D eigenvalue weighted by molar-refractivity contribution is 5.98. The Hall–Kier alpha value is -2.93. The van der Waals surface area contributed by atoms with Crippen molar-refractivity contribution in [3.8, 4) is 23.0 Å². The number of rotatable bonds is 3. The van der Waals surface area contributed by atoms with Crippen LogP contribution in [0.5, 0.6) is 23.0 Å². The fourth-order valence-corrected chi connectivity index (χ4v) is 4.54. The van der Waals surface area contributed by atoms with Gasteiger partial charge in [-0.3, -0.25) is 0 Å². The zero-order valence-electron chi connectivity index (χ0n) is 16.0. The fraction of sp³-hybridized carbons (Fsp3) is 0.381. The molecule has 2 aromatic carbocycles. The molecule has 3 aliphatic rings. The van der Waals surface area contributed by atoms with E-state index in [0.717, 1.165) is 24.1 Å². The minimum atomic E-state index is -0.394. The van der Waals surface area contributed by atoms with Gasteiger partial charge < -0.3 is 28.6 Å². The first-order valence-corrected chi connectivity index (χ1v) is 9.33. The van der Waals surface area contributed by atoms with Crippen molar-refractivity contribution in [2.45, 2.75) is 18.6 Å². The number of benzene rings is 2. The average Bonchev–Trinajstić information content (AvgIpc) is 3.31. The lowest BCUT2D eigenvalue weighted by Gasteiger charge is -2.35. The topological polar surface area (TPSA) is 67.7 Å². The molecule has 0 saturated heterocycles. The number of ether oxygens (including phenoxy) is 5. The lowest BCUT2D eigenvalue weighted by atomic mass is 9.86. The van der Waals surface area contributed by atoms with Gasteiger partial charge >= 0.3 is 5.97 Å². The van der Waals surface area contributed by atoms with Crippen molar-refractivity contribution in [1.29, 1.82) is 0 Å². The van der Waals surface area contributed by atoms with Crippen molar-refractivity contribution in [3.05, 3.63) is 46.5 Å². The number of hydrogen-bond donors (Lipinski definition) is 1. The normalized spacial score (nSPS) is 24.4. The molecule has 7 nitrogen and oxygen atoms in total. The molecule has 0 radical (unpaired) electrons. The highest BCUT2D eigenvalue weighted by Crippen LogP contribution is 2.48. The van der Waals surface area contributed by atoms with Crippen molar-refractivity contribution in [1.82, 2.24) is 0 Å². The van der Waals surface area contributed by atoms with Gasteiger partial charge in [-0.1, -0.05) is 6.07 Å². The molecule has 0 aliphatic carbocycles. The highest BCUT2D eigenvalue weighted by atomic mass is 16.7. The summed E-state index contributed by atoms with van der Waals surface area (Å²) in [5.74, 6) is 2.11. The van der Waals surface area contributed by atoms with Crippen molar-refractivity contribution < 1.29 is 33.4 Å². The Morgan fingerprint density at radius 2 is 1.86 bits per heavy atom. The maximum absolute atomic E-state index is 12.7. The van der Waals surface area contributed by atoms with Crippen LogP contribution in [0.25, 0.3) is 0 Å². The number of fused-ring (bicyclic) bond motifs is 4. The summed E-state index contributed by atoms with van der Waals surface area (Å²) in [6.07, 6.45) is 0.529. The van der Waals surface area contributed by atoms with E-state index in [4.69, 9.17) is 23.7 Å². The van der Waals surface area contributed by atoms with Crippen molar-refractivity contribution in [3.63, 3.8) is 0 Å². The van der Waals surface area contributed by atoms with Crippen LogP contribution in [0.15, 0.2) is 24.3 Å². The predicted molar refractivity (Wildman–Crippen MR) is 98.5 cm³/mol. The summed E-state index contributed by atoms with van der Waals surface area (Å²) in [6, 6.07) is 7.77. The molecule has 3 atom stereocenters. The Labute approximate surface area is 162 Å². The quantitative estimate of drug-likeness (QED) is 0.809. The monoisotopic (exact) mass is 384 g/mol. The van der Waals surface area contributed by atoms with Crippen LogP contribution in [0.3, 0.4) is 0 Å². The van der Waals surface area contributed by atoms with E-state index in [1.165, 1.54) is 10.5 Å². The molecule has 28 heavy (non-hydrogen) atoms. The van der Waals surface area contributed by atoms with Crippen LogP contribution < -0.4 is 23.8 Å². The number of esters is 1. The van der Waals surface area contributed by atoms with E-state index >= 15 is 0 Å². The molecule has 0 saturated carbocycles. The molecule has 0 bridgehead atoms. The summed E-state index contributed by atoms with van der Waals surface area (Å²) in [4.78, 5) is 14.0. The number of carbonyl (C=O) groups is 1. The summed E-state index contributed by atoms with van der Waals surface area (Å²) in [5.41, 5.74) is 3.64. The highest BCUT2D eigenvalue weighted by Gasteiger charge is 2.47. The fourth-order valence-electron chi connectivity index (χ4n) is 4.54. The standard InChI is InChI=1S/C21H21NO6/c1-22-7-6-11-8-15(24-2)16(25-3)9-13(11)18(22)19-12-4-5-14-20(27-10-26-14)17(12)21(23)28-19/h4-5,8-9,18-19H,6-7,10H2,1-3H3/p+1/t18-,19-/m0/s1. The number of nitrogens with one attached hydrogen (secondary N) is 1. The van der Waals surface area contributed by atoms with E-state index in [1.807, 2.05) is 24.3 Å². The van der Waals surface area contributed by atoms with E-state index in [0.29, 0.717) is 28.6 Å². The molecule has 3 heterocycles. The number of cyclic esters (lactones) is 1. The molecule has 146 valence electrons. The largest absolute Gasteiger partial charge is 0.493 e. The Morgan fingerprint density at radius 1 is 1.07 bits per heavy atom. The summed E-state index contributed by atoms with van der Waals surface area (Å²) in [6.45, 7) is 1.05. The molecule has 0 aromatic heterocycles. The van der Waals surface area contributed by atoms with Crippen molar-refractivity contribution >= 4 is 5.97 Å². The van der Waals surface area contributed by atoms with Crippen LogP contribution >= 0.6 is 0 Å². The third-order valence-corrected chi connectivity index (χ3v) is 5.92. The van der Waals surface area contributed by atoms with Crippen LogP contribution in [-0.2, 0) is 11.2 Å². The van der Waals surface area contributed by atoms with Gasteiger partial charge in [0, 0.05) is 17.5 Å². The lowest BCUT2D eigenvalue weighted by Crippen LogP contribution is -3.11. The average molecular weight is 384 g/mol. The van der Waals surface area contributed by atoms with Gasteiger partial charge in [-0.15, -0.1) is 0 Å². The van der Waals surface area contributed by atoms with Crippen LogP contribution in [0, 0.1) is 0 Å². The van der Waals surface area contributed by atoms with Crippen LogP contribution in [0.2, 0.25) is 0 Å². The summed E-state index contributed by atoms with van der Waals surface area (Å²) >= 11 is 0. The van der Waals surface area contributed by atoms with Crippen molar-refractivity contribution in [2.24, 2.45) is 0 Å². The molecule has 5 rings (SSSR count). The van der Waals surface area contributed by atoms with Gasteiger partial charge in [0.15, 0.2) is 35.1 Å². The number of carbonyl (C=O) groups excluding carboxylic acids is 1. The van der Waals surface area contributed by atoms with Gasteiger partial charge in [0.05, 0.1) is 27.8 Å². The first-order chi connectivity index (χ1) is 13.6. The number of methoxy groups -OCH3 is 2. The molecule has 1 N–H and O–H groups in total. The molecule has 0 spiro atoms. The minimum absolute atomic E-state index is 0.0471. The second-order valence-corrected chi connectivity index (χ2v) is 7.32. The third-order valence-electron chi connectivity index (χ3n) is 5.92. The maximum Gasteiger partial charge on any atom is 0.343 e. The molecular formula is C21H22NO6+. The Kier molecular flexibility index (Phi) is 3.87. The van der Waals surface area contributed by atoms with Gasteiger partial charge in [-0.25, -0.2) is 4.79 Å². The van der Waals surface area contributed by atoms with Gasteiger partial charge in [0.1, 0.15) is 5.56 Å². The molecule has 0 fully saturated rings. The predicted octanol–water partition coefficient (Wildman–Crippen LogP) is 1.46. The molecule has 1 unspecified atom stereocenters. The number of quaternary nitrogens is 1. The third kappa shape index (κ3) is 2.36. The number of likely N-dealkylation sites (N-methyl/N-ethyl adjacent to an activating group) is 1. The van der Waals surface area contributed by atoms with Gasteiger partial charge in [-0.05, 0) is 23.8 Å². The van der Waals surface area contributed by atoms with Crippen molar-refractivity contribution in [2.75, 3.05) is 34.6 Å². The Balaban J connectivity index is 1.63. The first kappa shape index (κ1) is 17.2. The van der Waals surface area contributed by atoms with E-state index in [9.17, 15) is 4.79 Å². The van der Waals surface area contributed by atoms with Crippen LogP contribution in [0.1, 0.15) is 39.2 Å². The number of hydrogen-bond acceptors (Lipinski definition) is 6. The SMILES string of the molecule is COc1cc2c(cc1OC)[C@@H]([C@H]1OC(=O)c3c1ccc1c3OCO1)[NH+](C)CC2. The van der Waals surface area contributed by atoms with Crippen LogP contribution in [0.4, 0.5) is 0 Å². The lowest BCUT2D eigenvalue weighted by molar-refractivity contribution is -0.919. The molecule has 2 aromatic rings. The summed E-state index contributed by atoms with van der Waals surface area (Å²) in [7, 11) is 5.40. The molecule has 0 amide bonds. The van der Waals surface area contributed by atoms with Gasteiger partial charge in [-0.2, -0.15) is 0 Å². The van der Waals surface area contributed by atoms with Crippen LogP contribution in [-0.4, -0.2) is 40.6 Å². The van der Waals surface area contributed by atoms with Gasteiger partial charge in [0.2, 0.25) is 6.79 Å². The first-order valence-electron chi connectivity index (χ1n) is 9.33. The Morgan fingerprint density at radius 3 is 2.64 bits per heavy atom. The van der Waals surface area contributed by atoms with Gasteiger partial charge in [0.25, 0.3) is 0 Å². The van der Waals surface area contributed by atoms with E-state index in [2.05, 4.69) is 7.05 Å². The maximum atomic E-state index is 12.7. The summed E-state index contributed by atoms with van der Waals surface area (Å²) in [5, 5.41) is 0.